The van der Waals surface area contributed by atoms with Gasteiger partial charge in [0.1, 0.15) is 0 Å². The minimum atomic E-state index is 0.395. The SMILES string of the molecule is CC(C)NC(=S)NC1CC2CCC1O2. The number of hydrogen-bond donors (Lipinski definition) is 2. The van der Waals surface area contributed by atoms with Gasteiger partial charge in [0.05, 0.1) is 18.2 Å². The van der Waals surface area contributed by atoms with Gasteiger partial charge in [0.25, 0.3) is 0 Å². The third-order valence-corrected chi connectivity index (χ3v) is 3.08. The molecular weight excluding hydrogens is 196 g/mol. The second-order valence-electron chi connectivity index (χ2n) is 4.49. The highest BCUT2D eigenvalue weighted by Crippen LogP contribution is 2.34. The highest BCUT2D eigenvalue weighted by molar-refractivity contribution is 7.80. The second kappa shape index (κ2) is 4.03. The fraction of sp³-hybridized carbons (Fsp3) is 0.900. The van der Waals surface area contributed by atoms with Crippen LogP contribution in [-0.4, -0.2) is 29.4 Å². The number of hydrogen-bond acceptors (Lipinski definition) is 2. The number of thiocarbonyl (C=S) groups is 1. The largest absolute Gasteiger partial charge is 0.373 e. The van der Waals surface area contributed by atoms with Gasteiger partial charge in [-0.1, -0.05) is 0 Å². The van der Waals surface area contributed by atoms with Crippen molar-refractivity contribution in [2.24, 2.45) is 0 Å². The molecule has 0 aromatic heterocycles. The molecule has 0 amide bonds. The topological polar surface area (TPSA) is 33.3 Å². The highest BCUT2D eigenvalue weighted by atomic mass is 32.1. The van der Waals surface area contributed by atoms with Crippen LogP contribution in [0.2, 0.25) is 0 Å². The summed E-state index contributed by atoms with van der Waals surface area (Å²) in [5, 5.41) is 7.30. The molecule has 3 atom stereocenters. The van der Waals surface area contributed by atoms with Gasteiger partial charge < -0.3 is 15.4 Å². The maximum absolute atomic E-state index is 5.74. The average Bonchev–Trinajstić information content (AvgIpc) is 2.62. The molecule has 2 saturated heterocycles. The number of rotatable bonds is 2. The Kier molecular flexibility index (Phi) is 2.93. The standard InChI is InChI=1S/C10H18N2OS/c1-6(2)11-10(14)12-8-5-7-3-4-9(8)13-7/h6-9H,3-5H2,1-2H3,(H2,11,12,14). The van der Waals surface area contributed by atoms with Crippen LogP contribution < -0.4 is 10.6 Å². The first-order valence-corrected chi connectivity index (χ1v) is 5.78. The molecule has 2 aliphatic rings. The minimum Gasteiger partial charge on any atom is -0.373 e. The summed E-state index contributed by atoms with van der Waals surface area (Å²) < 4.78 is 5.74. The van der Waals surface area contributed by atoms with Crippen molar-refractivity contribution in [3.63, 3.8) is 0 Å². The van der Waals surface area contributed by atoms with Gasteiger partial charge in [-0.05, 0) is 45.3 Å². The summed E-state index contributed by atoms with van der Waals surface area (Å²) in [7, 11) is 0. The predicted molar refractivity (Wildman–Crippen MR) is 60.3 cm³/mol. The molecule has 0 saturated carbocycles. The lowest BCUT2D eigenvalue weighted by Gasteiger charge is -2.23. The molecular formula is C10H18N2OS. The molecule has 3 unspecified atom stereocenters. The molecule has 0 aromatic rings. The Balaban J connectivity index is 1.78. The zero-order valence-electron chi connectivity index (χ0n) is 8.75. The van der Waals surface area contributed by atoms with Crippen molar-refractivity contribution in [3.05, 3.63) is 0 Å². The molecule has 3 nitrogen and oxygen atoms in total. The van der Waals surface area contributed by atoms with E-state index >= 15 is 0 Å². The summed E-state index contributed by atoms with van der Waals surface area (Å²) in [6.07, 6.45) is 4.41. The van der Waals surface area contributed by atoms with E-state index < -0.39 is 0 Å². The Bertz CT molecular complexity index is 232. The van der Waals surface area contributed by atoms with Crippen molar-refractivity contribution in [1.82, 2.24) is 10.6 Å². The van der Waals surface area contributed by atoms with E-state index in [1.54, 1.807) is 0 Å². The first kappa shape index (κ1) is 10.2. The van der Waals surface area contributed by atoms with Gasteiger partial charge in [-0.2, -0.15) is 0 Å². The zero-order valence-corrected chi connectivity index (χ0v) is 9.56. The van der Waals surface area contributed by atoms with E-state index in [0.717, 1.165) is 11.5 Å². The van der Waals surface area contributed by atoms with Crippen molar-refractivity contribution >= 4 is 17.3 Å². The fourth-order valence-corrected chi connectivity index (χ4v) is 2.65. The molecule has 2 bridgehead atoms. The molecule has 0 radical (unpaired) electrons. The van der Waals surface area contributed by atoms with Crippen molar-refractivity contribution in [2.45, 2.75) is 57.4 Å². The lowest BCUT2D eigenvalue weighted by molar-refractivity contribution is 0.0993. The van der Waals surface area contributed by atoms with Crippen LogP contribution in [0, 0.1) is 0 Å². The maximum atomic E-state index is 5.74. The minimum absolute atomic E-state index is 0.395. The summed E-state index contributed by atoms with van der Waals surface area (Å²) in [6, 6.07) is 0.835. The van der Waals surface area contributed by atoms with Gasteiger partial charge in [-0.3, -0.25) is 0 Å². The Morgan fingerprint density at radius 1 is 1.43 bits per heavy atom. The van der Waals surface area contributed by atoms with Gasteiger partial charge in [-0.15, -0.1) is 0 Å². The molecule has 0 aromatic carbocycles. The van der Waals surface area contributed by atoms with Crippen molar-refractivity contribution in [1.29, 1.82) is 0 Å². The van der Waals surface area contributed by atoms with Gasteiger partial charge in [-0.25, -0.2) is 0 Å². The fourth-order valence-electron chi connectivity index (χ4n) is 2.26. The Hall–Kier alpha value is -0.350. The van der Waals surface area contributed by atoms with Crippen LogP contribution in [0.3, 0.4) is 0 Å². The van der Waals surface area contributed by atoms with Crippen LogP contribution >= 0.6 is 12.2 Å². The molecule has 80 valence electrons. The van der Waals surface area contributed by atoms with Crippen LogP contribution in [0.5, 0.6) is 0 Å². The molecule has 2 fully saturated rings. The highest BCUT2D eigenvalue weighted by Gasteiger charge is 2.40. The summed E-state index contributed by atoms with van der Waals surface area (Å²) in [4.78, 5) is 0. The Morgan fingerprint density at radius 2 is 2.21 bits per heavy atom. The third-order valence-electron chi connectivity index (χ3n) is 2.84. The van der Waals surface area contributed by atoms with Crippen LogP contribution in [0.15, 0.2) is 0 Å². The Labute approximate surface area is 90.6 Å². The first-order valence-electron chi connectivity index (χ1n) is 5.37. The van der Waals surface area contributed by atoms with Gasteiger partial charge in [0.2, 0.25) is 0 Å². The molecule has 0 spiro atoms. The zero-order chi connectivity index (χ0) is 10.1. The number of ether oxygens (including phenoxy) is 1. The molecule has 2 heterocycles. The summed E-state index contributed by atoms with van der Waals surface area (Å²) in [5.74, 6) is 0. The van der Waals surface area contributed by atoms with Crippen LogP contribution in [0.25, 0.3) is 0 Å². The van der Waals surface area contributed by atoms with Crippen LogP contribution in [0.1, 0.15) is 33.1 Å². The van der Waals surface area contributed by atoms with E-state index in [9.17, 15) is 0 Å². The predicted octanol–water partition coefficient (Wildman–Crippen LogP) is 1.18. The second-order valence-corrected chi connectivity index (χ2v) is 4.90. The quantitative estimate of drug-likeness (QED) is 0.676. The van der Waals surface area contributed by atoms with Gasteiger partial charge in [0, 0.05) is 6.04 Å². The number of nitrogens with one attached hydrogen (secondary N) is 2. The smallest absolute Gasteiger partial charge is 0.166 e. The molecule has 14 heavy (non-hydrogen) atoms. The van der Waals surface area contributed by atoms with Crippen LogP contribution in [0.4, 0.5) is 0 Å². The van der Waals surface area contributed by atoms with Crippen molar-refractivity contribution in [3.8, 4) is 0 Å². The van der Waals surface area contributed by atoms with Crippen molar-refractivity contribution in [2.75, 3.05) is 0 Å². The van der Waals surface area contributed by atoms with Crippen LogP contribution in [-0.2, 0) is 4.74 Å². The van der Waals surface area contributed by atoms with E-state index in [0.29, 0.717) is 24.3 Å². The Morgan fingerprint density at radius 3 is 2.71 bits per heavy atom. The van der Waals surface area contributed by atoms with Gasteiger partial charge in [0.15, 0.2) is 5.11 Å². The maximum Gasteiger partial charge on any atom is 0.166 e. The van der Waals surface area contributed by atoms with E-state index in [2.05, 4.69) is 24.5 Å². The first-order chi connectivity index (χ1) is 6.65. The monoisotopic (exact) mass is 214 g/mol. The van der Waals surface area contributed by atoms with Gasteiger partial charge >= 0.3 is 0 Å². The molecule has 2 aliphatic heterocycles. The van der Waals surface area contributed by atoms with E-state index in [1.165, 1.54) is 12.8 Å². The lowest BCUT2D eigenvalue weighted by atomic mass is 9.96. The number of fused-ring (bicyclic) bond motifs is 2. The summed E-state index contributed by atoms with van der Waals surface area (Å²) in [5.41, 5.74) is 0. The van der Waals surface area contributed by atoms with E-state index in [-0.39, 0.29) is 0 Å². The van der Waals surface area contributed by atoms with E-state index in [1.807, 2.05) is 0 Å². The normalized spacial score (nSPS) is 34.9. The third kappa shape index (κ3) is 2.17. The molecule has 4 heteroatoms. The molecule has 2 rings (SSSR count). The lowest BCUT2D eigenvalue weighted by Crippen LogP contribution is -2.47. The molecule has 2 N–H and O–H groups in total. The van der Waals surface area contributed by atoms with Crippen molar-refractivity contribution < 1.29 is 4.74 Å². The summed E-state index contributed by atoms with van der Waals surface area (Å²) in [6.45, 7) is 4.18. The average molecular weight is 214 g/mol. The van der Waals surface area contributed by atoms with E-state index in [4.69, 9.17) is 17.0 Å². The molecule has 0 aliphatic carbocycles. The summed E-state index contributed by atoms with van der Waals surface area (Å²) >= 11 is 5.20.